The number of nitrogens with zero attached hydrogens (tertiary/aromatic N) is 2. The summed E-state index contributed by atoms with van der Waals surface area (Å²) in [7, 11) is 0. The van der Waals surface area contributed by atoms with Crippen LogP contribution >= 0.6 is 11.3 Å². The van der Waals surface area contributed by atoms with E-state index in [1.165, 1.54) is 103 Å². The van der Waals surface area contributed by atoms with E-state index < -0.39 is 0 Å². The Kier molecular flexibility index (Phi) is 7.13. The van der Waals surface area contributed by atoms with Gasteiger partial charge in [0.25, 0.3) is 0 Å². The van der Waals surface area contributed by atoms with E-state index in [1.54, 1.807) is 0 Å². The lowest BCUT2D eigenvalue weighted by molar-refractivity contribution is 1.18. The van der Waals surface area contributed by atoms with E-state index in [1.807, 2.05) is 11.3 Å². The van der Waals surface area contributed by atoms with Crippen LogP contribution in [0.2, 0.25) is 0 Å². The first-order valence-corrected chi connectivity index (χ1v) is 20.3. The second-order valence-corrected chi connectivity index (χ2v) is 16.0. The molecule has 0 bridgehead atoms. The van der Waals surface area contributed by atoms with Crippen molar-refractivity contribution in [3.8, 4) is 44.8 Å². The summed E-state index contributed by atoms with van der Waals surface area (Å²) in [5.41, 5.74) is 14.5. The fraction of sp³-hybridized carbons (Fsp3) is 0. The van der Waals surface area contributed by atoms with Crippen LogP contribution < -0.4 is 0 Å². The van der Waals surface area contributed by atoms with E-state index in [9.17, 15) is 0 Å². The van der Waals surface area contributed by atoms with Crippen LogP contribution in [0, 0.1) is 0 Å². The quantitative estimate of drug-likeness (QED) is 0.166. The molecule has 0 saturated heterocycles. The van der Waals surface area contributed by atoms with Gasteiger partial charge < -0.3 is 9.13 Å². The Balaban J connectivity index is 1.06. The Morgan fingerprint density at radius 1 is 0.281 bits per heavy atom. The van der Waals surface area contributed by atoms with Crippen LogP contribution in [0.1, 0.15) is 0 Å². The maximum Gasteiger partial charge on any atom is 0.0547 e. The van der Waals surface area contributed by atoms with Crippen molar-refractivity contribution >= 4 is 75.1 Å². The SMILES string of the molecule is c1ccc(-c2cccc(-n3c4ccccc4c4cc(-c5ccc6c(c5)c5c(-c7ccccc7)cccc5n6-c5ccc6c(c5)sc5ccccc56)ccc43)c2)cc1. The molecule has 12 rings (SSSR count). The van der Waals surface area contributed by atoms with Gasteiger partial charge in [-0.2, -0.15) is 0 Å². The Morgan fingerprint density at radius 3 is 1.67 bits per heavy atom. The van der Waals surface area contributed by atoms with Gasteiger partial charge in [-0.05, 0) is 100 Å². The molecule has 0 fully saturated rings. The zero-order chi connectivity index (χ0) is 37.5. The molecule has 0 spiro atoms. The van der Waals surface area contributed by atoms with Crippen LogP contribution in [-0.4, -0.2) is 9.13 Å². The molecule has 0 unspecified atom stereocenters. The molecule has 0 radical (unpaired) electrons. The van der Waals surface area contributed by atoms with E-state index in [2.05, 4.69) is 215 Å². The second kappa shape index (κ2) is 12.7. The van der Waals surface area contributed by atoms with Gasteiger partial charge in [0.05, 0.1) is 22.1 Å². The van der Waals surface area contributed by atoms with Gasteiger partial charge in [0.15, 0.2) is 0 Å². The van der Waals surface area contributed by atoms with Crippen LogP contribution in [0.25, 0.3) is 109 Å². The number of hydrogen-bond donors (Lipinski definition) is 0. The Bertz CT molecular complexity index is 3510. The number of thiophene rings is 1. The van der Waals surface area contributed by atoms with Gasteiger partial charge in [-0.1, -0.05) is 140 Å². The fourth-order valence-electron chi connectivity index (χ4n) is 9.13. The molecule has 9 aromatic carbocycles. The highest BCUT2D eigenvalue weighted by molar-refractivity contribution is 7.25. The molecule has 12 aromatic rings. The standard InChI is InChI=1S/C54H34N2S/c1-3-13-35(14-4-1)37-17-11-18-40(31-37)55-48-22-9-7-19-43(48)46-32-38(25-29-49(46)55)39-26-30-50-47(33-39)54-42(36-15-5-2-6-16-36)21-12-23-51(54)56(50)41-27-28-45-44-20-8-10-24-52(44)57-53(45)34-41/h1-34H. The molecule has 2 nitrogen and oxygen atoms in total. The summed E-state index contributed by atoms with van der Waals surface area (Å²) in [6.45, 7) is 0. The first-order chi connectivity index (χ1) is 28.3. The number of rotatable bonds is 5. The van der Waals surface area contributed by atoms with E-state index in [0.29, 0.717) is 0 Å². The molecule has 0 amide bonds. The number of benzene rings is 9. The maximum absolute atomic E-state index is 2.46. The molecule has 3 aromatic heterocycles. The molecular formula is C54H34N2S. The third kappa shape index (κ3) is 5.03. The van der Waals surface area contributed by atoms with Crippen molar-refractivity contribution in [3.63, 3.8) is 0 Å². The molecule has 0 atom stereocenters. The number of fused-ring (bicyclic) bond motifs is 9. The van der Waals surface area contributed by atoms with E-state index in [0.717, 1.165) is 5.69 Å². The fourth-order valence-corrected chi connectivity index (χ4v) is 10.3. The van der Waals surface area contributed by atoms with Crippen LogP contribution in [0.4, 0.5) is 0 Å². The summed E-state index contributed by atoms with van der Waals surface area (Å²) in [6.07, 6.45) is 0. The van der Waals surface area contributed by atoms with Gasteiger partial charge in [0.2, 0.25) is 0 Å². The van der Waals surface area contributed by atoms with E-state index in [4.69, 9.17) is 0 Å². The van der Waals surface area contributed by atoms with Crippen LogP contribution in [0.15, 0.2) is 206 Å². The molecule has 0 aliphatic heterocycles. The van der Waals surface area contributed by atoms with Crippen LogP contribution in [0.5, 0.6) is 0 Å². The summed E-state index contributed by atoms with van der Waals surface area (Å²) >= 11 is 1.87. The van der Waals surface area contributed by atoms with Gasteiger partial charge in [-0.3, -0.25) is 0 Å². The van der Waals surface area contributed by atoms with Crippen LogP contribution in [0.3, 0.4) is 0 Å². The van der Waals surface area contributed by atoms with Crippen molar-refractivity contribution in [2.45, 2.75) is 0 Å². The highest BCUT2D eigenvalue weighted by Gasteiger charge is 2.19. The Hall–Kier alpha value is -7.20. The summed E-state index contributed by atoms with van der Waals surface area (Å²) in [5.74, 6) is 0. The third-order valence-electron chi connectivity index (χ3n) is 11.7. The van der Waals surface area contributed by atoms with Crippen molar-refractivity contribution < 1.29 is 0 Å². The number of hydrogen-bond acceptors (Lipinski definition) is 1. The first kappa shape index (κ1) is 32.1. The van der Waals surface area contributed by atoms with Crippen molar-refractivity contribution in [2.75, 3.05) is 0 Å². The summed E-state index contributed by atoms with van der Waals surface area (Å²) in [5, 5.41) is 7.65. The molecule has 0 saturated carbocycles. The summed E-state index contributed by atoms with van der Waals surface area (Å²) in [6, 6.07) is 75.7. The minimum atomic E-state index is 1.16. The van der Waals surface area contributed by atoms with Gasteiger partial charge in [-0.15, -0.1) is 11.3 Å². The highest BCUT2D eigenvalue weighted by Crippen LogP contribution is 2.43. The van der Waals surface area contributed by atoms with Crippen molar-refractivity contribution in [2.24, 2.45) is 0 Å². The smallest absolute Gasteiger partial charge is 0.0547 e. The predicted octanol–water partition coefficient (Wildman–Crippen LogP) is 15.2. The Morgan fingerprint density at radius 2 is 0.842 bits per heavy atom. The normalized spacial score (nSPS) is 11.9. The largest absolute Gasteiger partial charge is 0.309 e. The highest BCUT2D eigenvalue weighted by atomic mass is 32.1. The lowest BCUT2D eigenvalue weighted by Gasteiger charge is -2.11. The Labute approximate surface area is 333 Å². The van der Waals surface area contributed by atoms with Crippen molar-refractivity contribution in [1.82, 2.24) is 9.13 Å². The van der Waals surface area contributed by atoms with Crippen LogP contribution in [-0.2, 0) is 0 Å². The van der Waals surface area contributed by atoms with E-state index >= 15 is 0 Å². The minimum absolute atomic E-state index is 1.16. The van der Waals surface area contributed by atoms with Crippen molar-refractivity contribution in [3.05, 3.63) is 206 Å². The molecule has 266 valence electrons. The first-order valence-electron chi connectivity index (χ1n) is 19.5. The zero-order valence-electron chi connectivity index (χ0n) is 30.9. The molecule has 0 aliphatic carbocycles. The van der Waals surface area contributed by atoms with Crippen molar-refractivity contribution in [1.29, 1.82) is 0 Å². The molecule has 0 N–H and O–H groups in total. The second-order valence-electron chi connectivity index (χ2n) is 14.9. The summed E-state index contributed by atoms with van der Waals surface area (Å²) in [4.78, 5) is 0. The van der Waals surface area contributed by atoms with Gasteiger partial charge in [0.1, 0.15) is 0 Å². The predicted molar refractivity (Wildman–Crippen MR) is 244 cm³/mol. The molecule has 0 aliphatic rings. The molecular weight excluding hydrogens is 709 g/mol. The van der Waals surface area contributed by atoms with Gasteiger partial charge >= 0.3 is 0 Å². The third-order valence-corrected chi connectivity index (χ3v) is 12.8. The zero-order valence-corrected chi connectivity index (χ0v) is 31.7. The lowest BCUT2D eigenvalue weighted by atomic mass is 9.97. The van der Waals surface area contributed by atoms with Gasteiger partial charge in [-0.25, -0.2) is 0 Å². The molecule has 57 heavy (non-hydrogen) atoms. The van der Waals surface area contributed by atoms with Gasteiger partial charge in [0, 0.05) is 53.1 Å². The minimum Gasteiger partial charge on any atom is -0.309 e. The molecule has 3 heterocycles. The average Bonchev–Trinajstić information content (AvgIpc) is 3.94. The summed E-state index contributed by atoms with van der Waals surface area (Å²) < 4.78 is 7.50. The number of aromatic nitrogens is 2. The lowest BCUT2D eigenvalue weighted by Crippen LogP contribution is -1.94. The average molecular weight is 743 g/mol. The monoisotopic (exact) mass is 742 g/mol. The van der Waals surface area contributed by atoms with E-state index in [-0.39, 0.29) is 0 Å². The maximum atomic E-state index is 2.46. The molecule has 3 heteroatoms. The topological polar surface area (TPSA) is 9.86 Å². The number of para-hydroxylation sites is 1.